The molecule has 234 valence electrons. The molecule has 0 unspecified atom stereocenters. The highest BCUT2D eigenvalue weighted by Gasteiger charge is 2.39. The lowest BCUT2D eigenvalue weighted by Gasteiger charge is -2.37. The first-order valence-electron chi connectivity index (χ1n) is 15.3. The molecule has 0 fully saturated rings. The molecule has 0 spiro atoms. The summed E-state index contributed by atoms with van der Waals surface area (Å²) in [7, 11) is 0. The summed E-state index contributed by atoms with van der Waals surface area (Å²) in [5.74, 6) is 0. The van der Waals surface area contributed by atoms with Crippen LogP contribution in [0.3, 0.4) is 0 Å². The predicted molar refractivity (Wildman–Crippen MR) is 173 cm³/mol. The van der Waals surface area contributed by atoms with E-state index in [-0.39, 0.29) is 28.3 Å². The second-order valence-corrected chi connectivity index (χ2v) is 15.6. The average Bonchev–Trinajstić information content (AvgIpc) is 2.82. The number of ether oxygens (including phenoxy) is 2. The van der Waals surface area contributed by atoms with Crippen LogP contribution in [0.25, 0.3) is 0 Å². The maximum atomic E-state index is 12.5. The van der Waals surface area contributed by atoms with Crippen LogP contribution < -0.4 is 11.5 Å². The quantitative estimate of drug-likeness (QED) is 0.230. The van der Waals surface area contributed by atoms with Crippen LogP contribution in [0.15, 0.2) is 48.5 Å². The van der Waals surface area contributed by atoms with Gasteiger partial charge >= 0.3 is 12.2 Å². The molecule has 0 bridgehead atoms. The van der Waals surface area contributed by atoms with Gasteiger partial charge in [0.1, 0.15) is 0 Å². The molecular formula is C36H56N2O4. The maximum absolute atomic E-state index is 12.5. The fraction of sp³-hybridized carbons (Fsp3) is 0.611. The second-order valence-electron chi connectivity index (χ2n) is 15.6. The molecule has 0 heterocycles. The van der Waals surface area contributed by atoms with E-state index in [1.807, 2.05) is 0 Å². The molecular weight excluding hydrogens is 524 g/mol. The number of benzene rings is 2. The van der Waals surface area contributed by atoms with E-state index in [0.717, 1.165) is 36.8 Å². The number of hydrogen-bond donors (Lipinski definition) is 2. The third-order valence-corrected chi connectivity index (χ3v) is 7.90. The molecule has 0 aliphatic rings. The summed E-state index contributed by atoms with van der Waals surface area (Å²) in [6.45, 7) is 22.9. The van der Waals surface area contributed by atoms with Crippen molar-refractivity contribution in [1.82, 2.24) is 0 Å². The van der Waals surface area contributed by atoms with Gasteiger partial charge in [-0.05, 0) is 71.3 Å². The number of primary amides is 2. The van der Waals surface area contributed by atoms with Gasteiger partial charge in [0.05, 0.1) is 6.61 Å². The first-order valence-corrected chi connectivity index (χ1v) is 15.3. The molecule has 6 nitrogen and oxygen atoms in total. The molecule has 0 aliphatic heterocycles. The van der Waals surface area contributed by atoms with Crippen LogP contribution in [0, 0.1) is 10.8 Å². The van der Waals surface area contributed by atoms with Gasteiger partial charge in [-0.15, -0.1) is 0 Å². The van der Waals surface area contributed by atoms with E-state index in [0.29, 0.717) is 12.8 Å². The zero-order chi connectivity index (χ0) is 32.0. The van der Waals surface area contributed by atoms with E-state index in [1.54, 1.807) is 0 Å². The minimum atomic E-state index is -1.06. The summed E-state index contributed by atoms with van der Waals surface area (Å²) in [4.78, 5) is 23.4. The number of unbranched alkanes of at least 4 members (excludes halogenated alkanes) is 2. The third-order valence-electron chi connectivity index (χ3n) is 7.90. The minimum Gasteiger partial charge on any atom is -0.450 e. The summed E-state index contributed by atoms with van der Waals surface area (Å²) in [6, 6.07) is 16.9. The van der Waals surface area contributed by atoms with Gasteiger partial charge in [-0.25, -0.2) is 9.59 Å². The molecule has 0 atom stereocenters. The molecule has 4 N–H and O–H groups in total. The Labute approximate surface area is 254 Å². The number of nitrogens with two attached hydrogens (primary N) is 2. The lowest BCUT2D eigenvalue weighted by molar-refractivity contribution is 0.0359. The van der Waals surface area contributed by atoms with Gasteiger partial charge in [-0.3, -0.25) is 0 Å². The van der Waals surface area contributed by atoms with Crippen molar-refractivity contribution in [2.75, 3.05) is 6.61 Å². The van der Waals surface area contributed by atoms with Crippen molar-refractivity contribution >= 4 is 12.2 Å². The highest BCUT2D eigenvalue weighted by atomic mass is 16.6. The van der Waals surface area contributed by atoms with E-state index in [1.165, 1.54) is 11.1 Å². The van der Waals surface area contributed by atoms with Crippen molar-refractivity contribution < 1.29 is 19.1 Å². The molecule has 0 aromatic heterocycles. The summed E-state index contributed by atoms with van der Waals surface area (Å²) in [5.41, 5.74) is 14.3. The van der Waals surface area contributed by atoms with Crippen LogP contribution in [-0.4, -0.2) is 18.8 Å². The highest BCUT2D eigenvalue weighted by Crippen LogP contribution is 2.43. The van der Waals surface area contributed by atoms with Crippen molar-refractivity contribution in [2.45, 2.75) is 124 Å². The molecule has 0 aliphatic carbocycles. The Hall–Kier alpha value is -3.02. The van der Waals surface area contributed by atoms with Gasteiger partial charge in [-0.1, -0.05) is 118 Å². The van der Waals surface area contributed by atoms with Gasteiger partial charge < -0.3 is 20.9 Å². The van der Waals surface area contributed by atoms with Crippen LogP contribution in [-0.2, 0) is 25.9 Å². The molecule has 0 saturated heterocycles. The summed E-state index contributed by atoms with van der Waals surface area (Å²) >= 11 is 0. The number of hydrogen-bond acceptors (Lipinski definition) is 4. The molecule has 2 rings (SSSR count). The first-order chi connectivity index (χ1) is 19.2. The normalized spacial score (nSPS) is 13.1. The predicted octanol–water partition coefficient (Wildman–Crippen LogP) is 9.11. The van der Waals surface area contributed by atoms with E-state index in [9.17, 15) is 9.59 Å². The zero-order valence-corrected chi connectivity index (χ0v) is 27.9. The molecule has 2 aromatic carbocycles. The van der Waals surface area contributed by atoms with Crippen LogP contribution in [0.4, 0.5) is 9.59 Å². The summed E-state index contributed by atoms with van der Waals surface area (Å²) in [5, 5.41) is 0. The Bertz CT molecular complexity index is 1100. The highest BCUT2D eigenvalue weighted by molar-refractivity contribution is 5.66. The van der Waals surface area contributed by atoms with Gasteiger partial charge in [0.25, 0.3) is 0 Å². The summed E-state index contributed by atoms with van der Waals surface area (Å²) < 4.78 is 11.0. The molecule has 0 radical (unpaired) electrons. The Balaban J connectivity index is 2.55. The molecule has 2 aromatic rings. The van der Waals surface area contributed by atoms with Gasteiger partial charge in [-0.2, -0.15) is 0 Å². The van der Waals surface area contributed by atoms with Crippen molar-refractivity contribution in [3.05, 3.63) is 70.8 Å². The molecule has 42 heavy (non-hydrogen) atoms. The van der Waals surface area contributed by atoms with Crippen LogP contribution >= 0.6 is 0 Å². The van der Waals surface area contributed by atoms with Crippen molar-refractivity contribution in [2.24, 2.45) is 22.3 Å². The smallest absolute Gasteiger partial charge is 0.405 e. The van der Waals surface area contributed by atoms with Gasteiger partial charge in [0, 0.05) is 11.1 Å². The van der Waals surface area contributed by atoms with E-state index in [4.69, 9.17) is 20.9 Å². The number of rotatable bonds is 13. The van der Waals surface area contributed by atoms with Gasteiger partial charge in [0.2, 0.25) is 0 Å². The Morgan fingerprint density at radius 3 is 1.29 bits per heavy atom. The van der Waals surface area contributed by atoms with Crippen LogP contribution in [0.1, 0.15) is 130 Å². The molecule has 6 heteroatoms. The monoisotopic (exact) mass is 580 g/mol. The van der Waals surface area contributed by atoms with E-state index >= 15 is 0 Å². The van der Waals surface area contributed by atoms with E-state index in [2.05, 4.69) is 118 Å². The van der Waals surface area contributed by atoms with Gasteiger partial charge in [0.15, 0.2) is 5.60 Å². The number of carbonyl (C=O) groups is 2. The minimum absolute atomic E-state index is 0.0231. The topological polar surface area (TPSA) is 105 Å². The maximum Gasteiger partial charge on any atom is 0.405 e. The Kier molecular flexibility index (Phi) is 11.3. The average molecular weight is 581 g/mol. The van der Waals surface area contributed by atoms with Crippen molar-refractivity contribution in [3.8, 4) is 0 Å². The summed E-state index contributed by atoms with van der Waals surface area (Å²) in [6.07, 6.45) is 3.15. The van der Waals surface area contributed by atoms with Crippen molar-refractivity contribution in [3.63, 3.8) is 0 Å². The Morgan fingerprint density at radius 2 is 0.952 bits per heavy atom. The van der Waals surface area contributed by atoms with E-state index < -0.39 is 17.8 Å². The largest absolute Gasteiger partial charge is 0.450 e. The standard InChI is InChI=1S/C36H56N2O4/c1-32(2,3)24-34(7,8)26-14-18-28(19-15-26)36(42-31(38)40,22-12-11-13-23-41-30(37)39)29-20-16-27(17-21-29)35(9,10)25-33(4,5)6/h14-21H,11-13,22-25H2,1-10H3,(H2,37,39)(H2,38,40). The lowest BCUT2D eigenvalue weighted by atomic mass is 9.71. The third kappa shape index (κ3) is 10.4. The first kappa shape index (κ1) is 35.2. The SMILES string of the molecule is CC(C)(C)CC(C)(C)c1ccc(C(CCCCCOC(N)=O)(OC(N)=O)c2ccc(C(C)(C)CC(C)(C)C)cc2)cc1. The number of carbonyl (C=O) groups excluding carboxylic acids is 2. The fourth-order valence-corrected chi connectivity index (χ4v) is 6.86. The molecule has 2 amide bonds. The zero-order valence-electron chi connectivity index (χ0n) is 27.9. The molecule has 0 saturated carbocycles. The Morgan fingerprint density at radius 1 is 0.571 bits per heavy atom. The van der Waals surface area contributed by atoms with Crippen molar-refractivity contribution in [1.29, 1.82) is 0 Å². The lowest BCUT2D eigenvalue weighted by Crippen LogP contribution is -2.36. The van der Waals surface area contributed by atoms with Crippen LogP contribution in [0.5, 0.6) is 0 Å². The fourth-order valence-electron chi connectivity index (χ4n) is 6.86. The second kappa shape index (κ2) is 13.5. The number of amides is 2. The van der Waals surface area contributed by atoms with Crippen LogP contribution in [0.2, 0.25) is 0 Å².